The van der Waals surface area contributed by atoms with Crippen molar-refractivity contribution < 1.29 is 28.5 Å². The van der Waals surface area contributed by atoms with Crippen LogP contribution in [-0.2, 0) is 25.4 Å². The molecule has 0 spiro atoms. The van der Waals surface area contributed by atoms with Crippen molar-refractivity contribution in [3.05, 3.63) is 29.8 Å². The molecule has 35 heavy (non-hydrogen) atoms. The van der Waals surface area contributed by atoms with E-state index >= 15 is 0 Å². The molecular weight excluding hydrogens is 448 g/mol. The van der Waals surface area contributed by atoms with Gasteiger partial charge in [0.05, 0.1) is 25.4 Å². The summed E-state index contributed by atoms with van der Waals surface area (Å²) in [4.78, 5) is 26.7. The van der Waals surface area contributed by atoms with E-state index in [1.54, 1.807) is 20.8 Å². The monoisotopic (exact) mass is 490 g/mol. The quantitative estimate of drug-likeness (QED) is 0.549. The summed E-state index contributed by atoms with van der Waals surface area (Å²) in [5.74, 6) is 0.290. The van der Waals surface area contributed by atoms with Gasteiger partial charge in [0.2, 0.25) is 0 Å². The topological polar surface area (TPSA) is 86.3 Å². The maximum Gasteiger partial charge on any atom is 0.408 e. The summed E-state index contributed by atoms with van der Waals surface area (Å²) in [5.41, 5.74) is 0.237. The fourth-order valence-electron chi connectivity index (χ4n) is 4.60. The fraction of sp³-hybridized carbons (Fsp3) is 0.704. The minimum atomic E-state index is -0.832. The molecule has 1 aliphatic heterocycles. The van der Waals surface area contributed by atoms with Crippen molar-refractivity contribution in [3.8, 4) is 5.75 Å². The van der Waals surface area contributed by atoms with E-state index in [0.29, 0.717) is 18.6 Å². The molecule has 0 aromatic heterocycles. The van der Waals surface area contributed by atoms with Crippen molar-refractivity contribution in [3.63, 3.8) is 0 Å². The molecule has 1 heterocycles. The molecule has 2 aliphatic rings. The van der Waals surface area contributed by atoms with Gasteiger partial charge in [-0.15, -0.1) is 0 Å². The molecular formula is C27H42N2O6. The van der Waals surface area contributed by atoms with Crippen molar-refractivity contribution in [2.75, 3.05) is 27.2 Å². The number of esters is 1. The maximum atomic E-state index is 12.2. The molecule has 1 amide bonds. The fourth-order valence-corrected chi connectivity index (χ4v) is 4.60. The zero-order valence-corrected chi connectivity index (χ0v) is 21.9. The summed E-state index contributed by atoms with van der Waals surface area (Å²) in [6, 6.07) is 6.83. The van der Waals surface area contributed by atoms with Crippen molar-refractivity contribution in [1.82, 2.24) is 10.2 Å². The highest BCUT2D eigenvalue weighted by Gasteiger charge is 2.28. The van der Waals surface area contributed by atoms with Crippen LogP contribution in [0.4, 0.5) is 4.79 Å². The van der Waals surface area contributed by atoms with E-state index in [1.165, 1.54) is 7.11 Å². The predicted octanol–water partition coefficient (Wildman–Crippen LogP) is 4.10. The van der Waals surface area contributed by atoms with Crippen LogP contribution in [-0.4, -0.2) is 74.2 Å². The summed E-state index contributed by atoms with van der Waals surface area (Å²) in [5, 5.41) is 2.61. The van der Waals surface area contributed by atoms with Crippen LogP contribution >= 0.6 is 0 Å². The Morgan fingerprint density at radius 1 is 0.971 bits per heavy atom. The van der Waals surface area contributed by atoms with Crippen molar-refractivity contribution in [2.45, 2.75) is 95.7 Å². The van der Waals surface area contributed by atoms with Gasteiger partial charge in [-0.25, -0.2) is 9.59 Å². The van der Waals surface area contributed by atoms with Gasteiger partial charge < -0.3 is 29.2 Å². The summed E-state index contributed by atoms with van der Waals surface area (Å²) in [6.45, 7) is 7.56. The van der Waals surface area contributed by atoms with Crippen LogP contribution < -0.4 is 10.1 Å². The van der Waals surface area contributed by atoms with E-state index < -0.39 is 23.7 Å². The first-order valence-corrected chi connectivity index (χ1v) is 12.8. The lowest BCUT2D eigenvalue weighted by Crippen LogP contribution is -2.45. The number of nitrogens with zero attached hydrogens (tertiary/aromatic N) is 1. The largest absolute Gasteiger partial charge is 0.490 e. The van der Waals surface area contributed by atoms with Gasteiger partial charge in [0.25, 0.3) is 0 Å². The number of nitrogens with one attached hydrogen (secondary N) is 1. The number of alkyl carbamates (subject to hydrolysis) is 1. The molecule has 1 N–H and O–H groups in total. The lowest BCUT2D eigenvalue weighted by molar-refractivity contribution is -0.143. The van der Waals surface area contributed by atoms with Crippen LogP contribution in [0.15, 0.2) is 24.3 Å². The molecule has 0 unspecified atom stereocenters. The van der Waals surface area contributed by atoms with Crippen LogP contribution in [0.5, 0.6) is 5.75 Å². The third-order valence-electron chi connectivity index (χ3n) is 6.51. The zero-order chi connectivity index (χ0) is 25.4. The van der Waals surface area contributed by atoms with Gasteiger partial charge in [-0.2, -0.15) is 0 Å². The first kappa shape index (κ1) is 27.3. The average Bonchev–Trinajstić information content (AvgIpc) is 2.81. The number of carbonyl (C=O) groups excluding carboxylic acids is 2. The maximum absolute atomic E-state index is 12.2. The molecule has 1 saturated heterocycles. The standard InChI is InChI=1S/C27H42N2O6/c1-27(2,3)35-26(31)28-24(25(30)32-5)18-19-6-8-20(9-7-19)33-21-10-12-22(13-11-21)34-23-14-16-29(4)17-15-23/h6-9,21-24H,10-18H2,1-5H3,(H,28,31)/t21-,22-,24-/m0/s1. The van der Waals surface area contributed by atoms with Gasteiger partial charge in [-0.05, 0) is 84.0 Å². The molecule has 0 radical (unpaired) electrons. The van der Waals surface area contributed by atoms with Gasteiger partial charge in [-0.1, -0.05) is 12.1 Å². The molecule has 1 aliphatic carbocycles. The van der Waals surface area contributed by atoms with Crippen molar-refractivity contribution >= 4 is 12.1 Å². The Kier molecular flexibility index (Phi) is 9.80. The highest BCUT2D eigenvalue weighted by atomic mass is 16.6. The molecule has 3 rings (SSSR count). The van der Waals surface area contributed by atoms with E-state index in [1.807, 2.05) is 24.3 Å². The highest BCUT2D eigenvalue weighted by Crippen LogP contribution is 2.28. The molecule has 8 heteroatoms. The number of ether oxygens (including phenoxy) is 4. The number of rotatable bonds is 8. The van der Waals surface area contributed by atoms with Crippen LogP contribution in [0.3, 0.4) is 0 Å². The second-order valence-electron chi connectivity index (χ2n) is 10.7. The smallest absolute Gasteiger partial charge is 0.408 e. The number of hydrogen-bond donors (Lipinski definition) is 1. The Balaban J connectivity index is 1.45. The zero-order valence-electron chi connectivity index (χ0n) is 21.9. The molecule has 1 aromatic rings. The summed E-state index contributed by atoms with van der Waals surface area (Å²) in [6.07, 6.45) is 6.89. The molecule has 8 nitrogen and oxygen atoms in total. The third kappa shape index (κ3) is 9.33. The third-order valence-corrected chi connectivity index (χ3v) is 6.51. The molecule has 1 aromatic carbocycles. The minimum absolute atomic E-state index is 0.190. The van der Waals surface area contributed by atoms with E-state index in [0.717, 1.165) is 62.9 Å². The van der Waals surface area contributed by atoms with E-state index in [-0.39, 0.29) is 6.10 Å². The summed E-state index contributed by atoms with van der Waals surface area (Å²) < 4.78 is 22.7. The Morgan fingerprint density at radius 2 is 1.54 bits per heavy atom. The average molecular weight is 491 g/mol. The predicted molar refractivity (Wildman–Crippen MR) is 134 cm³/mol. The van der Waals surface area contributed by atoms with Crippen LogP contribution in [0, 0.1) is 0 Å². The lowest BCUT2D eigenvalue weighted by Gasteiger charge is -2.35. The highest BCUT2D eigenvalue weighted by molar-refractivity contribution is 5.81. The number of likely N-dealkylation sites (tertiary alicyclic amines) is 1. The SMILES string of the molecule is COC(=O)[C@H](Cc1ccc(O[C@H]2CC[C@H](OC3CCN(C)CC3)CC2)cc1)NC(=O)OC(C)(C)C. The summed E-state index contributed by atoms with van der Waals surface area (Å²) in [7, 11) is 3.47. The number of piperidine rings is 1. The Bertz CT molecular complexity index is 806. The van der Waals surface area contributed by atoms with Crippen LogP contribution in [0.25, 0.3) is 0 Å². The number of hydrogen-bond acceptors (Lipinski definition) is 7. The number of carbonyl (C=O) groups is 2. The van der Waals surface area contributed by atoms with Crippen LogP contribution in [0.2, 0.25) is 0 Å². The van der Waals surface area contributed by atoms with Crippen LogP contribution in [0.1, 0.15) is 64.9 Å². The summed E-state index contributed by atoms with van der Waals surface area (Å²) >= 11 is 0. The number of amides is 1. The molecule has 1 atom stereocenters. The molecule has 0 bridgehead atoms. The number of benzene rings is 1. The van der Waals surface area contributed by atoms with E-state index in [9.17, 15) is 9.59 Å². The Hall–Kier alpha value is -2.32. The first-order chi connectivity index (χ1) is 16.6. The number of methoxy groups -OCH3 is 1. The first-order valence-electron chi connectivity index (χ1n) is 12.8. The lowest BCUT2D eigenvalue weighted by atomic mass is 9.94. The second kappa shape index (κ2) is 12.6. The Labute approximate surface area is 209 Å². The Morgan fingerprint density at radius 3 is 2.11 bits per heavy atom. The molecule has 2 fully saturated rings. The molecule has 1 saturated carbocycles. The van der Waals surface area contributed by atoms with Crippen molar-refractivity contribution in [2.24, 2.45) is 0 Å². The van der Waals surface area contributed by atoms with Gasteiger partial charge in [-0.3, -0.25) is 0 Å². The van der Waals surface area contributed by atoms with Gasteiger partial charge in [0.15, 0.2) is 0 Å². The normalized spacial score (nSPS) is 22.8. The van der Waals surface area contributed by atoms with Gasteiger partial charge in [0.1, 0.15) is 17.4 Å². The van der Waals surface area contributed by atoms with E-state index in [4.69, 9.17) is 18.9 Å². The van der Waals surface area contributed by atoms with E-state index in [2.05, 4.69) is 17.3 Å². The minimum Gasteiger partial charge on any atom is -0.490 e. The van der Waals surface area contributed by atoms with Gasteiger partial charge >= 0.3 is 12.1 Å². The van der Waals surface area contributed by atoms with Gasteiger partial charge in [0, 0.05) is 19.5 Å². The second-order valence-corrected chi connectivity index (χ2v) is 10.7. The molecule has 196 valence electrons. The van der Waals surface area contributed by atoms with Crippen molar-refractivity contribution in [1.29, 1.82) is 0 Å².